The Labute approximate surface area is 164 Å². The fourth-order valence-electron chi connectivity index (χ4n) is 3.45. The Morgan fingerprint density at radius 1 is 1.14 bits per heavy atom. The molecule has 146 valence electrons. The predicted molar refractivity (Wildman–Crippen MR) is 104 cm³/mol. The van der Waals surface area contributed by atoms with E-state index < -0.39 is 12.1 Å². The summed E-state index contributed by atoms with van der Waals surface area (Å²) >= 11 is 0. The summed E-state index contributed by atoms with van der Waals surface area (Å²) in [6.45, 7) is 0.738. The lowest BCUT2D eigenvalue weighted by Crippen LogP contribution is -2.51. The summed E-state index contributed by atoms with van der Waals surface area (Å²) in [6.07, 6.45) is 1.03. The highest BCUT2D eigenvalue weighted by atomic mass is 16.5. The maximum absolute atomic E-state index is 12.4. The molecule has 1 aliphatic heterocycles. The molecule has 6 heteroatoms. The van der Waals surface area contributed by atoms with Gasteiger partial charge in [0.15, 0.2) is 0 Å². The maximum Gasteiger partial charge on any atom is 0.249 e. The molecule has 4 rings (SSSR count). The Bertz CT molecular complexity index is 833. The van der Waals surface area contributed by atoms with Gasteiger partial charge in [0.25, 0.3) is 0 Å². The lowest BCUT2D eigenvalue weighted by atomic mass is 9.99. The number of carbonyl (C=O) groups excluding carboxylic acids is 2. The number of nitrogens with zero attached hydrogens (tertiary/aromatic N) is 1. The molecule has 0 spiro atoms. The fourth-order valence-corrected chi connectivity index (χ4v) is 3.45. The smallest absolute Gasteiger partial charge is 0.249 e. The molecule has 1 saturated heterocycles. The van der Waals surface area contributed by atoms with Crippen molar-refractivity contribution in [1.82, 2.24) is 4.90 Å². The van der Waals surface area contributed by atoms with Gasteiger partial charge >= 0.3 is 0 Å². The Kier molecular flexibility index (Phi) is 5.41. The van der Waals surface area contributed by atoms with Gasteiger partial charge in [-0.25, -0.2) is 0 Å². The number of amides is 2. The van der Waals surface area contributed by atoms with Crippen molar-refractivity contribution in [2.75, 3.05) is 18.5 Å². The molecule has 1 heterocycles. The number of hydrogen-bond acceptors (Lipinski definition) is 4. The van der Waals surface area contributed by atoms with Crippen LogP contribution in [-0.2, 0) is 20.9 Å². The van der Waals surface area contributed by atoms with Gasteiger partial charge in [-0.15, -0.1) is 0 Å². The van der Waals surface area contributed by atoms with Crippen LogP contribution in [0.2, 0.25) is 0 Å². The highest BCUT2D eigenvalue weighted by Gasteiger charge is 2.35. The van der Waals surface area contributed by atoms with Crippen LogP contribution in [0.3, 0.4) is 0 Å². The summed E-state index contributed by atoms with van der Waals surface area (Å²) < 4.78 is 5.41. The fraction of sp³-hybridized carbons (Fsp3) is 0.364. The van der Waals surface area contributed by atoms with Crippen LogP contribution < -0.4 is 5.32 Å². The molecule has 1 saturated carbocycles. The predicted octanol–water partition coefficient (Wildman–Crippen LogP) is 2.50. The van der Waals surface area contributed by atoms with Gasteiger partial charge < -0.3 is 20.1 Å². The molecule has 0 bridgehead atoms. The topological polar surface area (TPSA) is 78.9 Å². The molecule has 2 aliphatic rings. The molecular formula is C22H24N2O4. The molecule has 2 fully saturated rings. The second-order valence-electron chi connectivity index (χ2n) is 7.42. The highest BCUT2D eigenvalue weighted by Crippen LogP contribution is 2.31. The van der Waals surface area contributed by atoms with Crippen molar-refractivity contribution >= 4 is 17.5 Å². The number of rotatable bonds is 6. The van der Waals surface area contributed by atoms with E-state index in [9.17, 15) is 14.7 Å². The zero-order valence-corrected chi connectivity index (χ0v) is 15.6. The van der Waals surface area contributed by atoms with E-state index in [-0.39, 0.29) is 30.9 Å². The minimum absolute atomic E-state index is 0.0300. The van der Waals surface area contributed by atoms with Crippen molar-refractivity contribution < 1.29 is 19.4 Å². The monoisotopic (exact) mass is 380 g/mol. The van der Waals surface area contributed by atoms with Crippen LogP contribution in [0.25, 0.3) is 0 Å². The first kappa shape index (κ1) is 18.7. The Morgan fingerprint density at radius 3 is 2.54 bits per heavy atom. The molecule has 2 atom stereocenters. The summed E-state index contributed by atoms with van der Waals surface area (Å²) in [5.41, 5.74) is 2.41. The van der Waals surface area contributed by atoms with E-state index in [4.69, 9.17) is 4.74 Å². The molecule has 0 unspecified atom stereocenters. The summed E-state index contributed by atoms with van der Waals surface area (Å²) in [7, 11) is 0. The number of nitrogens with one attached hydrogen (secondary N) is 1. The van der Waals surface area contributed by atoms with Crippen molar-refractivity contribution in [2.24, 2.45) is 5.92 Å². The lowest BCUT2D eigenvalue weighted by molar-refractivity contribution is -0.155. The van der Waals surface area contributed by atoms with E-state index >= 15 is 0 Å². The number of anilines is 1. The Balaban J connectivity index is 1.47. The molecule has 2 aromatic carbocycles. The normalized spacial score (nSPS) is 20.7. The standard InChI is InChI=1S/C22H24N2O4/c25-20-14-28-13-19(24(20)12-15-4-2-1-3-5-15)21(26)16-8-10-18(11-9-16)23-22(27)17-6-7-17/h1-5,8-11,17,19,21,26H,6-7,12-14H2,(H,23,27)/t19-,21-/m1/s1. The maximum atomic E-state index is 12.4. The van der Waals surface area contributed by atoms with E-state index in [2.05, 4.69) is 5.32 Å². The third-order valence-corrected chi connectivity index (χ3v) is 5.26. The van der Waals surface area contributed by atoms with Crippen LogP contribution in [0.5, 0.6) is 0 Å². The third kappa shape index (κ3) is 4.24. The van der Waals surface area contributed by atoms with Crippen molar-refractivity contribution in [3.05, 3.63) is 65.7 Å². The minimum atomic E-state index is -0.874. The van der Waals surface area contributed by atoms with E-state index in [0.717, 1.165) is 18.4 Å². The van der Waals surface area contributed by atoms with Gasteiger partial charge in [0.1, 0.15) is 12.7 Å². The van der Waals surface area contributed by atoms with Crippen molar-refractivity contribution in [2.45, 2.75) is 31.5 Å². The van der Waals surface area contributed by atoms with Gasteiger partial charge in [-0.2, -0.15) is 0 Å². The highest BCUT2D eigenvalue weighted by molar-refractivity contribution is 5.94. The van der Waals surface area contributed by atoms with Crippen LogP contribution in [-0.4, -0.2) is 41.1 Å². The SMILES string of the molecule is O=C(Nc1ccc([C@@H](O)[C@H]2COCC(=O)N2Cc2ccccc2)cc1)C1CC1. The van der Waals surface area contributed by atoms with Crippen LogP contribution in [0, 0.1) is 5.92 Å². The number of aliphatic hydroxyl groups is 1. The van der Waals surface area contributed by atoms with Crippen molar-refractivity contribution in [1.29, 1.82) is 0 Å². The number of carbonyl (C=O) groups is 2. The Morgan fingerprint density at radius 2 is 1.86 bits per heavy atom. The molecule has 1 aliphatic carbocycles. The minimum Gasteiger partial charge on any atom is -0.386 e. The molecule has 28 heavy (non-hydrogen) atoms. The molecular weight excluding hydrogens is 356 g/mol. The summed E-state index contributed by atoms with van der Waals surface area (Å²) in [5, 5.41) is 13.8. The molecule has 6 nitrogen and oxygen atoms in total. The zero-order chi connectivity index (χ0) is 19.5. The van der Waals surface area contributed by atoms with Gasteiger partial charge in [-0.3, -0.25) is 9.59 Å². The molecule has 2 N–H and O–H groups in total. The zero-order valence-electron chi connectivity index (χ0n) is 15.6. The number of morpholine rings is 1. The second-order valence-corrected chi connectivity index (χ2v) is 7.42. The van der Waals surface area contributed by atoms with Crippen LogP contribution in [0.1, 0.15) is 30.1 Å². The van der Waals surface area contributed by atoms with Crippen molar-refractivity contribution in [3.63, 3.8) is 0 Å². The van der Waals surface area contributed by atoms with Crippen LogP contribution >= 0.6 is 0 Å². The van der Waals surface area contributed by atoms with E-state index in [0.29, 0.717) is 17.8 Å². The summed E-state index contributed by atoms with van der Waals surface area (Å²) in [4.78, 5) is 26.0. The summed E-state index contributed by atoms with van der Waals surface area (Å²) in [6, 6.07) is 16.4. The van der Waals surface area contributed by atoms with Gasteiger partial charge in [-0.05, 0) is 36.1 Å². The number of benzene rings is 2. The molecule has 0 radical (unpaired) electrons. The molecule has 2 aromatic rings. The number of aliphatic hydroxyl groups excluding tert-OH is 1. The Hall–Kier alpha value is -2.70. The first-order valence-electron chi connectivity index (χ1n) is 9.62. The molecule has 2 amide bonds. The van der Waals surface area contributed by atoms with E-state index in [1.54, 1.807) is 29.2 Å². The largest absolute Gasteiger partial charge is 0.386 e. The van der Waals surface area contributed by atoms with E-state index in [1.165, 1.54) is 0 Å². The van der Waals surface area contributed by atoms with Gasteiger partial charge in [0.05, 0.1) is 12.6 Å². The van der Waals surface area contributed by atoms with Gasteiger partial charge in [0, 0.05) is 18.2 Å². The van der Waals surface area contributed by atoms with Gasteiger partial charge in [0.2, 0.25) is 11.8 Å². The van der Waals surface area contributed by atoms with Gasteiger partial charge in [-0.1, -0.05) is 42.5 Å². The first-order chi connectivity index (χ1) is 13.6. The quantitative estimate of drug-likeness (QED) is 0.807. The number of hydrogen-bond donors (Lipinski definition) is 2. The average Bonchev–Trinajstić information content (AvgIpc) is 3.56. The van der Waals surface area contributed by atoms with Crippen molar-refractivity contribution in [3.8, 4) is 0 Å². The average molecular weight is 380 g/mol. The summed E-state index contributed by atoms with van der Waals surface area (Å²) in [5.74, 6) is 0.0586. The van der Waals surface area contributed by atoms with Crippen LogP contribution in [0.15, 0.2) is 54.6 Å². The lowest BCUT2D eigenvalue weighted by Gasteiger charge is -2.38. The van der Waals surface area contributed by atoms with Crippen LogP contribution in [0.4, 0.5) is 5.69 Å². The first-order valence-corrected chi connectivity index (χ1v) is 9.62. The third-order valence-electron chi connectivity index (χ3n) is 5.26. The van der Waals surface area contributed by atoms with E-state index in [1.807, 2.05) is 30.3 Å². The second kappa shape index (κ2) is 8.12. The number of ether oxygens (including phenoxy) is 1. The molecule has 0 aromatic heterocycles.